The summed E-state index contributed by atoms with van der Waals surface area (Å²) in [4.78, 5) is 4.18. The largest absolute Gasteiger partial charge is 0.369 e. The molecule has 0 saturated carbocycles. The molecule has 0 heterocycles. The van der Waals surface area contributed by atoms with Crippen LogP contribution in [0.2, 0.25) is 0 Å². The van der Waals surface area contributed by atoms with Gasteiger partial charge >= 0.3 is 0 Å². The van der Waals surface area contributed by atoms with E-state index in [1.54, 1.807) is 0 Å². The fourth-order valence-corrected chi connectivity index (χ4v) is 1.50. The molecule has 0 aliphatic heterocycles. The Hall–Kier alpha value is -1.55. The summed E-state index contributed by atoms with van der Waals surface area (Å²) in [5.74, 6) is 5.37. The van der Waals surface area contributed by atoms with Crippen LogP contribution in [0.5, 0.6) is 0 Å². The Labute approximate surface area is 84.0 Å². The van der Waals surface area contributed by atoms with E-state index in [0.29, 0.717) is 0 Å². The summed E-state index contributed by atoms with van der Waals surface area (Å²) < 4.78 is 0. The Morgan fingerprint density at radius 2 is 1.71 bits per heavy atom. The van der Waals surface area contributed by atoms with Crippen molar-refractivity contribution in [1.29, 1.82) is 0 Å². The standard InChI is InChI=1S/C10H16N4/c1-6-4-7(2)9(8(3)5-6)13-10(11)14-12/h4-5H,12H2,1-3H3,(H3,11,13,14). The number of hydrogen-bond acceptors (Lipinski definition) is 2. The van der Waals surface area contributed by atoms with E-state index in [-0.39, 0.29) is 5.96 Å². The first-order valence-electron chi connectivity index (χ1n) is 4.43. The number of aryl methyl sites for hydroxylation is 3. The van der Waals surface area contributed by atoms with Gasteiger partial charge in [0.1, 0.15) is 0 Å². The molecule has 4 nitrogen and oxygen atoms in total. The van der Waals surface area contributed by atoms with E-state index in [9.17, 15) is 0 Å². The molecule has 14 heavy (non-hydrogen) atoms. The van der Waals surface area contributed by atoms with Crippen molar-refractivity contribution in [1.82, 2.24) is 5.43 Å². The third-order valence-electron chi connectivity index (χ3n) is 2.02. The van der Waals surface area contributed by atoms with Crippen molar-refractivity contribution in [3.8, 4) is 0 Å². The van der Waals surface area contributed by atoms with Crippen LogP contribution in [0.4, 0.5) is 5.69 Å². The number of nitrogens with two attached hydrogens (primary N) is 2. The number of benzene rings is 1. The first-order valence-corrected chi connectivity index (χ1v) is 4.43. The normalized spacial score (nSPS) is 11.6. The zero-order chi connectivity index (χ0) is 10.7. The van der Waals surface area contributed by atoms with Gasteiger partial charge in [-0.15, -0.1) is 0 Å². The summed E-state index contributed by atoms with van der Waals surface area (Å²) >= 11 is 0. The summed E-state index contributed by atoms with van der Waals surface area (Å²) in [6.07, 6.45) is 0. The fourth-order valence-electron chi connectivity index (χ4n) is 1.50. The lowest BCUT2D eigenvalue weighted by Crippen LogP contribution is -2.36. The summed E-state index contributed by atoms with van der Waals surface area (Å²) in [7, 11) is 0. The van der Waals surface area contributed by atoms with Gasteiger partial charge in [-0.3, -0.25) is 5.43 Å². The highest BCUT2D eigenvalue weighted by molar-refractivity contribution is 5.81. The lowest BCUT2D eigenvalue weighted by atomic mass is 10.1. The number of hydrogen-bond donors (Lipinski definition) is 3. The molecule has 76 valence electrons. The minimum atomic E-state index is 0.222. The van der Waals surface area contributed by atoms with E-state index in [2.05, 4.69) is 29.5 Å². The van der Waals surface area contributed by atoms with Gasteiger partial charge in [0.25, 0.3) is 0 Å². The van der Waals surface area contributed by atoms with Crippen LogP contribution in [-0.4, -0.2) is 5.96 Å². The molecule has 0 aliphatic rings. The Kier molecular flexibility index (Phi) is 3.09. The van der Waals surface area contributed by atoms with E-state index >= 15 is 0 Å². The minimum absolute atomic E-state index is 0.222. The average molecular weight is 192 g/mol. The van der Waals surface area contributed by atoms with Gasteiger partial charge in [-0.2, -0.15) is 0 Å². The van der Waals surface area contributed by atoms with E-state index in [0.717, 1.165) is 16.8 Å². The molecule has 0 unspecified atom stereocenters. The number of hydrazine groups is 1. The smallest absolute Gasteiger partial charge is 0.208 e. The van der Waals surface area contributed by atoms with E-state index in [4.69, 9.17) is 11.6 Å². The quantitative estimate of drug-likeness (QED) is 0.269. The van der Waals surface area contributed by atoms with Gasteiger partial charge in [-0.25, -0.2) is 10.8 Å². The Bertz CT molecular complexity index is 345. The molecule has 0 amide bonds. The van der Waals surface area contributed by atoms with E-state index in [1.807, 2.05) is 13.8 Å². The van der Waals surface area contributed by atoms with Crippen molar-refractivity contribution in [2.45, 2.75) is 20.8 Å². The van der Waals surface area contributed by atoms with Gasteiger partial charge in [0, 0.05) is 0 Å². The monoisotopic (exact) mass is 192 g/mol. The fraction of sp³-hybridized carbons (Fsp3) is 0.300. The van der Waals surface area contributed by atoms with Crippen molar-refractivity contribution in [3.05, 3.63) is 28.8 Å². The summed E-state index contributed by atoms with van der Waals surface area (Å²) in [5.41, 5.74) is 12.1. The number of nitrogens with zero attached hydrogens (tertiary/aromatic N) is 1. The maximum absolute atomic E-state index is 5.49. The number of aliphatic imine (C=N–C) groups is 1. The summed E-state index contributed by atoms with van der Waals surface area (Å²) in [6, 6.07) is 4.13. The van der Waals surface area contributed by atoms with Gasteiger partial charge in [0.05, 0.1) is 5.69 Å². The molecule has 0 radical (unpaired) electrons. The van der Waals surface area contributed by atoms with Gasteiger partial charge in [0.15, 0.2) is 0 Å². The summed E-state index contributed by atoms with van der Waals surface area (Å²) in [6.45, 7) is 6.06. The van der Waals surface area contributed by atoms with Gasteiger partial charge in [-0.1, -0.05) is 17.7 Å². The molecule has 0 aliphatic carbocycles. The van der Waals surface area contributed by atoms with Gasteiger partial charge in [0.2, 0.25) is 5.96 Å². The third kappa shape index (κ3) is 2.23. The lowest BCUT2D eigenvalue weighted by molar-refractivity contribution is 1.01. The second-order valence-electron chi connectivity index (χ2n) is 3.39. The molecule has 0 spiro atoms. The molecule has 1 rings (SSSR count). The molecule has 0 atom stereocenters. The van der Waals surface area contributed by atoms with Crippen molar-refractivity contribution in [2.24, 2.45) is 16.6 Å². The molecule has 1 aromatic rings. The highest BCUT2D eigenvalue weighted by Crippen LogP contribution is 2.24. The Balaban J connectivity index is 3.21. The van der Waals surface area contributed by atoms with Crippen LogP contribution in [0.3, 0.4) is 0 Å². The minimum Gasteiger partial charge on any atom is -0.369 e. The molecule has 1 aromatic carbocycles. The zero-order valence-electron chi connectivity index (χ0n) is 8.76. The van der Waals surface area contributed by atoms with Crippen molar-refractivity contribution < 1.29 is 0 Å². The van der Waals surface area contributed by atoms with Crippen LogP contribution in [0.15, 0.2) is 17.1 Å². The van der Waals surface area contributed by atoms with Crippen LogP contribution >= 0.6 is 0 Å². The number of rotatable bonds is 1. The second kappa shape index (κ2) is 4.11. The molecule has 0 aromatic heterocycles. The van der Waals surface area contributed by atoms with Crippen LogP contribution < -0.4 is 17.0 Å². The molecular formula is C10H16N4. The highest BCUT2D eigenvalue weighted by atomic mass is 15.3. The summed E-state index contributed by atoms with van der Waals surface area (Å²) in [5, 5.41) is 0. The maximum atomic E-state index is 5.49. The SMILES string of the molecule is Cc1cc(C)c(N=C(N)NN)c(C)c1. The van der Waals surface area contributed by atoms with Crippen molar-refractivity contribution >= 4 is 11.6 Å². The van der Waals surface area contributed by atoms with Crippen LogP contribution in [0.1, 0.15) is 16.7 Å². The predicted octanol–water partition coefficient (Wildman–Crippen LogP) is 1.02. The van der Waals surface area contributed by atoms with Crippen LogP contribution in [0, 0.1) is 20.8 Å². The zero-order valence-corrected chi connectivity index (χ0v) is 8.76. The predicted molar refractivity (Wildman–Crippen MR) is 59.3 cm³/mol. The number of nitrogens with one attached hydrogen (secondary N) is 1. The molecular weight excluding hydrogens is 176 g/mol. The molecule has 5 N–H and O–H groups in total. The first-order chi connectivity index (χ1) is 6.54. The number of guanidine groups is 1. The van der Waals surface area contributed by atoms with Gasteiger partial charge < -0.3 is 5.73 Å². The van der Waals surface area contributed by atoms with E-state index in [1.165, 1.54) is 5.56 Å². The van der Waals surface area contributed by atoms with Crippen molar-refractivity contribution in [2.75, 3.05) is 0 Å². The Morgan fingerprint density at radius 1 is 1.21 bits per heavy atom. The lowest BCUT2D eigenvalue weighted by Gasteiger charge is -2.07. The van der Waals surface area contributed by atoms with Crippen LogP contribution in [0.25, 0.3) is 0 Å². The van der Waals surface area contributed by atoms with Crippen LogP contribution in [-0.2, 0) is 0 Å². The first kappa shape index (κ1) is 10.5. The highest BCUT2D eigenvalue weighted by Gasteiger charge is 2.02. The molecule has 0 bridgehead atoms. The topological polar surface area (TPSA) is 76.4 Å². The second-order valence-corrected chi connectivity index (χ2v) is 3.39. The maximum Gasteiger partial charge on any atom is 0.208 e. The van der Waals surface area contributed by atoms with E-state index < -0.39 is 0 Å². The van der Waals surface area contributed by atoms with Gasteiger partial charge in [-0.05, 0) is 31.9 Å². The molecule has 4 heteroatoms. The Morgan fingerprint density at radius 3 is 2.14 bits per heavy atom. The molecule has 0 fully saturated rings. The third-order valence-corrected chi connectivity index (χ3v) is 2.02. The molecule has 0 saturated heterocycles. The van der Waals surface area contributed by atoms with Crippen molar-refractivity contribution in [3.63, 3.8) is 0 Å². The average Bonchev–Trinajstić information content (AvgIpc) is 2.10.